The van der Waals surface area contributed by atoms with Crippen LogP contribution in [0.1, 0.15) is 26.2 Å². The summed E-state index contributed by atoms with van der Waals surface area (Å²) in [5.41, 5.74) is 0.241. The molecule has 0 unspecified atom stereocenters. The minimum atomic E-state index is -0.0455. The number of nitriles is 1. The van der Waals surface area contributed by atoms with Crippen LogP contribution in [0.25, 0.3) is 0 Å². The number of ether oxygens (including phenoxy) is 1. The third-order valence-electron chi connectivity index (χ3n) is 3.10. The molecule has 1 amide bonds. The molecule has 1 aliphatic rings. The van der Waals surface area contributed by atoms with Crippen molar-refractivity contribution in [2.75, 3.05) is 32.8 Å². The molecule has 2 N–H and O–H groups in total. The number of nitrogens with zero attached hydrogens (tertiary/aromatic N) is 1. The molecular weight excluding hydrogens is 218 g/mol. The third kappa shape index (κ3) is 5.66. The number of carbonyl (C=O) groups is 1. The highest BCUT2D eigenvalue weighted by Crippen LogP contribution is 2.28. The highest BCUT2D eigenvalue weighted by atomic mass is 16.5. The van der Waals surface area contributed by atoms with Gasteiger partial charge in [-0.15, -0.1) is 0 Å². The summed E-state index contributed by atoms with van der Waals surface area (Å²) in [6, 6.07) is 1.99. The Bertz CT molecular complexity index is 280. The van der Waals surface area contributed by atoms with E-state index in [-0.39, 0.29) is 11.3 Å². The number of nitrogens with one attached hydrogen (secondary N) is 2. The van der Waals surface area contributed by atoms with E-state index in [1.807, 2.05) is 6.07 Å². The molecule has 5 nitrogen and oxygen atoms in total. The lowest BCUT2D eigenvalue weighted by Crippen LogP contribution is -2.41. The topological polar surface area (TPSA) is 74.2 Å². The van der Waals surface area contributed by atoms with Crippen molar-refractivity contribution >= 4 is 5.91 Å². The number of amides is 1. The van der Waals surface area contributed by atoms with E-state index >= 15 is 0 Å². The van der Waals surface area contributed by atoms with Crippen molar-refractivity contribution in [1.29, 1.82) is 5.26 Å². The van der Waals surface area contributed by atoms with Gasteiger partial charge in [0.05, 0.1) is 19.0 Å². The van der Waals surface area contributed by atoms with E-state index in [1.54, 1.807) is 0 Å². The van der Waals surface area contributed by atoms with Gasteiger partial charge in [-0.05, 0) is 18.3 Å². The van der Waals surface area contributed by atoms with Crippen LogP contribution in [0.3, 0.4) is 0 Å². The summed E-state index contributed by atoms with van der Waals surface area (Å²) in [6.07, 6.45) is 2.44. The van der Waals surface area contributed by atoms with Crippen molar-refractivity contribution in [3.63, 3.8) is 0 Å². The second kappa shape index (κ2) is 7.25. The molecule has 0 bridgehead atoms. The van der Waals surface area contributed by atoms with Gasteiger partial charge in [-0.25, -0.2) is 0 Å². The van der Waals surface area contributed by atoms with Crippen molar-refractivity contribution in [2.24, 2.45) is 5.41 Å². The Balaban J connectivity index is 2.10. The average molecular weight is 239 g/mol. The Morgan fingerprint density at radius 2 is 2.18 bits per heavy atom. The van der Waals surface area contributed by atoms with Crippen LogP contribution >= 0.6 is 0 Å². The normalized spacial score (nSPS) is 18.4. The van der Waals surface area contributed by atoms with Crippen LogP contribution in [-0.2, 0) is 9.53 Å². The van der Waals surface area contributed by atoms with Crippen LogP contribution in [0, 0.1) is 16.7 Å². The van der Waals surface area contributed by atoms with E-state index < -0.39 is 0 Å². The van der Waals surface area contributed by atoms with E-state index in [1.165, 1.54) is 0 Å². The van der Waals surface area contributed by atoms with E-state index in [9.17, 15) is 4.79 Å². The van der Waals surface area contributed by atoms with Gasteiger partial charge in [0.15, 0.2) is 0 Å². The zero-order chi connectivity index (χ0) is 12.6. The lowest BCUT2D eigenvalue weighted by molar-refractivity contribution is -0.120. The minimum absolute atomic E-state index is 0.0455. The van der Waals surface area contributed by atoms with Gasteiger partial charge in [0.1, 0.15) is 0 Å². The lowest BCUT2D eigenvalue weighted by atomic mass is 9.82. The highest BCUT2D eigenvalue weighted by Gasteiger charge is 2.26. The molecule has 1 saturated heterocycles. The average Bonchev–Trinajstić information content (AvgIpc) is 2.30. The van der Waals surface area contributed by atoms with Gasteiger partial charge < -0.3 is 15.4 Å². The Morgan fingerprint density at radius 3 is 2.82 bits per heavy atom. The summed E-state index contributed by atoms with van der Waals surface area (Å²) in [5.74, 6) is -0.0455. The van der Waals surface area contributed by atoms with Gasteiger partial charge in [-0.2, -0.15) is 5.26 Å². The predicted octanol–water partition coefficient (Wildman–Crippen LogP) is 0.423. The van der Waals surface area contributed by atoms with E-state index in [4.69, 9.17) is 10.00 Å². The molecule has 0 spiro atoms. The highest BCUT2D eigenvalue weighted by molar-refractivity contribution is 5.77. The van der Waals surface area contributed by atoms with Crippen LogP contribution in [0.2, 0.25) is 0 Å². The molecule has 0 radical (unpaired) electrons. The predicted molar refractivity (Wildman–Crippen MR) is 64.3 cm³/mol. The fourth-order valence-corrected chi connectivity index (χ4v) is 1.84. The van der Waals surface area contributed by atoms with Crippen LogP contribution < -0.4 is 10.6 Å². The fraction of sp³-hybridized carbons (Fsp3) is 0.833. The van der Waals surface area contributed by atoms with Gasteiger partial charge >= 0.3 is 0 Å². The summed E-state index contributed by atoms with van der Waals surface area (Å²) < 4.78 is 5.32. The largest absolute Gasteiger partial charge is 0.381 e. The van der Waals surface area contributed by atoms with Crippen LogP contribution in [0.5, 0.6) is 0 Å². The number of hydrogen-bond donors (Lipinski definition) is 2. The smallest absolute Gasteiger partial charge is 0.233 e. The van der Waals surface area contributed by atoms with Crippen molar-refractivity contribution in [1.82, 2.24) is 10.6 Å². The van der Waals surface area contributed by atoms with E-state index in [2.05, 4.69) is 17.6 Å². The van der Waals surface area contributed by atoms with E-state index in [0.29, 0.717) is 19.5 Å². The molecule has 17 heavy (non-hydrogen) atoms. The third-order valence-corrected chi connectivity index (χ3v) is 3.10. The summed E-state index contributed by atoms with van der Waals surface area (Å²) >= 11 is 0. The molecule has 1 heterocycles. The summed E-state index contributed by atoms with van der Waals surface area (Å²) in [6.45, 7) is 5.43. The summed E-state index contributed by atoms with van der Waals surface area (Å²) in [4.78, 5) is 11.4. The maximum atomic E-state index is 11.4. The summed E-state index contributed by atoms with van der Waals surface area (Å²) in [7, 11) is 0. The van der Waals surface area contributed by atoms with Gasteiger partial charge in [0.2, 0.25) is 5.91 Å². The zero-order valence-electron chi connectivity index (χ0n) is 10.4. The Kier molecular flexibility index (Phi) is 5.95. The molecule has 1 fully saturated rings. The number of carbonyl (C=O) groups excluding carboxylic acids is 1. The van der Waals surface area contributed by atoms with Crippen LogP contribution in [0.4, 0.5) is 0 Å². The SMILES string of the molecule is CC1(CNCC(=O)NCCC#N)CCOCC1. The van der Waals surface area contributed by atoms with E-state index in [0.717, 1.165) is 32.6 Å². The lowest BCUT2D eigenvalue weighted by Gasteiger charge is -2.33. The monoisotopic (exact) mass is 239 g/mol. The number of rotatable bonds is 6. The molecule has 0 saturated carbocycles. The fourth-order valence-electron chi connectivity index (χ4n) is 1.84. The molecule has 1 rings (SSSR count). The second-order valence-corrected chi connectivity index (χ2v) is 4.78. The zero-order valence-corrected chi connectivity index (χ0v) is 10.4. The van der Waals surface area contributed by atoms with Gasteiger partial charge in [0.25, 0.3) is 0 Å². The molecule has 0 aliphatic carbocycles. The first-order valence-electron chi connectivity index (χ1n) is 6.08. The molecule has 0 aromatic rings. The molecular formula is C12H21N3O2. The Morgan fingerprint density at radius 1 is 1.47 bits per heavy atom. The quantitative estimate of drug-likeness (QED) is 0.659. The molecule has 96 valence electrons. The van der Waals surface area contributed by atoms with Crippen molar-refractivity contribution in [2.45, 2.75) is 26.2 Å². The van der Waals surface area contributed by atoms with Crippen molar-refractivity contribution in [3.05, 3.63) is 0 Å². The standard InChI is InChI=1S/C12H21N3O2/c1-12(3-7-17-8-4-12)10-14-9-11(16)15-6-2-5-13/h14H,2-4,6-10H2,1H3,(H,15,16). The Labute approximate surface area is 103 Å². The first-order chi connectivity index (χ1) is 8.16. The first-order valence-corrected chi connectivity index (χ1v) is 6.08. The first kappa shape index (κ1) is 13.9. The van der Waals surface area contributed by atoms with Crippen LogP contribution in [0.15, 0.2) is 0 Å². The minimum Gasteiger partial charge on any atom is -0.381 e. The van der Waals surface area contributed by atoms with Gasteiger partial charge in [-0.3, -0.25) is 4.79 Å². The Hall–Kier alpha value is -1.12. The molecule has 5 heteroatoms. The number of hydrogen-bond acceptors (Lipinski definition) is 4. The van der Waals surface area contributed by atoms with Crippen LogP contribution in [-0.4, -0.2) is 38.8 Å². The summed E-state index contributed by atoms with van der Waals surface area (Å²) in [5, 5.41) is 14.2. The maximum absolute atomic E-state index is 11.4. The maximum Gasteiger partial charge on any atom is 0.233 e. The van der Waals surface area contributed by atoms with Gasteiger partial charge in [-0.1, -0.05) is 6.92 Å². The molecule has 0 atom stereocenters. The van der Waals surface area contributed by atoms with Crippen molar-refractivity contribution < 1.29 is 9.53 Å². The molecule has 0 aromatic heterocycles. The van der Waals surface area contributed by atoms with Gasteiger partial charge in [0, 0.05) is 26.3 Å². The molecule has 1 aliphatic heterocycles. The van der Waals surface area contributed by atoms with Crippen molar-refractivity contribution in [3.8, 4) is 6.07 Å². The molecule has 0 aromatic carbocycles. The second-order valence-electron chi connectivity index (χ2n) is 4.78.